The zero-order chi connectivity index (χ0) is 20.0. The Morgan fingerprint density at radius 3 is 2.26 bits per heavy atom. The third kappa shape index (κ3) is 5.71. The highest BCUT2D eigenvalue weighted by atomic mass is 19.4. The number of nitrogens with zero attached hydrogens (tertiary/aromatic N) is 1. The van der Waals surface area contributed by atoms with Crippen molar-refractivity contribution in [3.05, 3.63) is 65.2 Å². The van der Waals surface area contributed by atoms with Crippen LogP contribution in [0.15, 0.2) is 54.1 Å². The van der Waals surface area contributed by atoms with Gasteiger partial charge in [0.15, 0.2) is 0 Å². The summed E-state index contributed by atoms with van der Waals surface area (Å²) >= 11 is 0. The van der Waals surface area contributed by atoms with Gasteiger partial charge in [0, 0.05) is 18.3 Å². The van der Waals surface area contributed by atoms with Gasteiger partial charge in [-0.2, -0.15) is 18.4 Å². The molecule has 0 fully saturated rings. The normalized spacial score (nSPS) is 11.4. The van der Waals surface area contributed by atoms with E-state index in [1.54, 1.807) is 30.3 Å². The number of hydrogen-bond donors (Lipinski definition) is 2. The van der Waals surface area contributed by atoms with Gasteiger partial charge in [0.2, 0.25) is 5.91 Å². The summed E-state index contributed by atoms with van der Waals surface area (Å²) in [5, 5.41) is 14.0. The molecule has 0 bridgehead atoms. The molecule has 0 atom stereocenters. The molecule has 5 nitrogen and oxygen atoms in total. The molecular weight excluding hydrogens is 359 g/mol. The van der Waals surface area contributed by atoms with Crippen molar-refractivity contribution in [3.8, 4) is 6.07 Å². The Kier molecular flexibility index (Phi) is 5.98. The van der Waals surface area contributed by atoms with Crippen LogP contribution >= 0.6 is 0 Å². The molecule has 0 unspecified atom stereocenters. The van der Waals surface area contributed by atoms with Gasteiger partial charge in [0.1, 0.15) is 11.6 Å². The molecule has 138 valence electrons. The lowest BCUT2D eigenvalue weighted by atomic mass is 10.1. The molecule has 0 aliphatic rings. The summed E-state index contributed by atoms with van der Waals surface area (Å²) in [6.45, 7) is 1.36. The molecule has 0 saturated heterocycles. The number of anilines is 2. The van der Waals surface area contributed by atoms with E-state index < -0.39 is 17.6 Å². The van der Waals surface area contributed by atoms with Crippen LogP contribution in [-0.4, -0.2) is 11.8 Å². The van der Waals surface area contributed by atoms with Crippen LogP contribution < -0.4 is 10.6 Å². The molecule has 0 heterocycles. The van der Waals surface area contributed by atoms with E-state index in [2.05, 4.69) is 10.6 Å². The summed E-state index contributed by atoms with van der Waals surface area (Å²) < 4.78 is 38.2. The summed E-state index contributed by atoms with van der Waals surface area (Å²) in [6, 6.07) is 12.2. The predicted octanol–water partition coefficient (Wildman–Crippen LogP) is 4.21. The number of rotatable bonds is 4. The first-order valence-corrected chi connectivity index (χ1v) is 7.67. The van der Waals surface area contributed by atoms with Gasteiger partial charge in [-0.1, -0.05) is 18.2 Å². The third-order valence-corrected chi connectivity index (χ3v) is 3.35. The maximum absolute atomic E-state index is 12.7. The fourth-order valence-electron chi connectivity index (χ4n) is 2.15. The summed E-state index contributed by atoms with van der Waals surface area (Å²) in [5.74, 6) is -1.07. The molecule has 8 heteroatoms. The smallest absolute Gasteiger partial charge is 0.326 e. The van der Waals surface area contributed by atoms with Gasteiger partial charge in [-0.3, -0.25) is 9.59 Å². The molecule has 2 rings (SSSR count). The third-order valence-electron chi connectivity index (χ3n) is 3.35. The van der Waals surface area contributed by atoms with Gasteiger partial charge >= 0.3 is 6.18 Å². The first kappa shape index (κ1) is 19.7. The van der Waals surface area contributed by atoms with E-state index in [1.807, 2.05) is 0 Å². The van der Waals surface area contributed by atoms with E-state index in [9.17, 15) is 28.0 Å². The Labute approximate surface area is 153 Å². The number of carbonyl (C=O) groups excluding carboxylic acids is 2. The minimum absolute atomic E-state index is 0.0722. The monoisotopic (exact) mass is 373 g/mol. The molecule has 2 aromatic rings. The minimum Gasteiger partial charge on any atom is -0.326 e. The molecule has 0 radical (unpaired) electrons. The number of alkyl halides is 3. The summed E-state index contributed by atoms with van der Waals surface area (Å²) in [5.41, 5.74) is -0.195. The average molecular weight is 373 g/mol. The second kappa shape index (κ2) is 8.19. The fraction of sp³-hybridized carbons (Fsp3) is 0.105. The Bertz CT molecular complexity index is 926. The van der Waals surface area contributed by atoms with Crippen molar-refractivity contribution < 1.29 is 22.8 Å². The Balaban J connectivity index is 2.17. The number of carbonyl (C=O) groups is 2. The van der Waals surface area contributed by atoms with Crippen molar-refractivity contribution in [1.29, 1.82) is 5.26 Å². The average Bonchev–Trinajstić information content (AvgIpc) is 2.60. The van der Waals surface area contributed by atoms with E-state index >= 15 is 0 Å². The van der Waals surface area contributed by atoms with Gasteiger partial charge in [-0.05, 0) is 42.0 Å². The van der Waals surface area contributed by atoms with Gasteiger partial charge < -0.3 is 10.6 Å². The summed E-state index contributed by atoms with van der Waals surface area (Å²) in [7, 11) is 0. The molecule has 0 aromatic heterocycles. The van der Waals surface area contributed by atoms with Crippen molar-refractivity contribution in [2.75, 3.05) is 10.6 Å². The molecule has 27 heavy (non-hydrogen) atoms. The quantitative estimate of drug-likeness (QED) is 0.622. The number of halogens is 3. The van der Waals surface area contributed by atoms with E-state index in [4.69, 9.17) is 0 Å². The molecule has 0 aliphatic heterocycles. The van der Waals surface area contributed by atoms with Crippen molar-refractivity contribution in [2.45, 2.75) is 13.1 Å². The fourth-order valence-corrected chi connectivity index (χ4v) is 2.15. The maximum atomic E-state index is 12.7. The number of amides is 2. The lowest BCUT2D eigenvalue weighted by Crippen LogP contribution is -2.14. The summed E-state index contributed by atoms with van der Waals surface area (Å²) in [4.78, 5) is 23.2. The maximum Gasteiger partial charge on any atom is 0.416 e. The second-order valence-electron chi connectivity index (χ2n) is 5.51. The van der Waals surface area contributed by atoms with Crippen LogP contribution in [0.5, 0.6) is 0 Å². The Morgan fingerprint density at radius 2 is 1.70 bits per heavy atom. The lowest BCUT2D eigenvalue weighted by Gasteiger charge is -2.09. The zero-order valence-electron chi connectivity index (χ0n) is 14.1. The largest absolute Gasteiger partial charge is 0.416 e. The number of hydrogen-bond acceptors (Lipinski definition) is 3. The van der Waals surface area contributed by atoms with Crippen LogP contribution in [0, 0.1) is 11.3 Å². The Morgan fingerprint density at radius 1 is 1.04 bits per heavy atom. The first-order chi connectivity index (χ1) is 12.7. The van der Waals surface area contributed by atoms with Crippen LogP contribution in [0.1, 0.15) is 18.1 Å². The van der Waals surface area contributed by atoms with Gasteiger partial charge in [-0.25, -0.2) is 0 Å². The van der Waals surface area contributed by atoms with Crippen LogP contribution in [0.4, 0.5) is 24.5 Å². The molecule has 0 aliphatic carbocycles. The number of nitrogens with one attached hydrogen (secondary N) is 2. The van der Waals surface area contributed by atoms with Gasteiger partial charge in [0.25, 0.3) is 5.91 Å². The van der Waals surface area contributed by atoms with Crippen molar-refractivity contribution in [1.82, 2.24) is 0 Å². The van der Waals surface area contributed by atoms with Crippen LogP contribution in [0.2, 0.25) is 0 Å². The number of benzene rings is 2. The van der Waals surface area contributed by atoms with Gasteiger partial charge in [-0.15, -0.1) is 0 Å². The molecule has 2 aromatic carbocycles. The standard InChI is InChI=1S/C19H14F3N3O2/c1-12(26)24-16-7-5-13(6-8-16)9-14(11-23)18(27)25-17-4-2-3-15(10-17)19(20,21)22/h2-10H,1H3,(H,24,26)(H,25,27). The topological polar surface area (TPSA) is 82.0 Å². The summed E-state index contributed by atoms with van der Waals surface area (Å²) in [6.07, 6.45) is -3.25. The molecule has 2 amide bonds. The SMILES string of the molecule is CC(=O)Nc1ccc(C=C(C#N)C(=O)Nc2cccc(C(F)(F)F)c2)cc1. The molecule has 2 N–H and O–H groups in total. The van der Waals surface area contributed by atoms with Crippen molar-refractivity contribution in [3.63, 3.8) is 0 Å². The molecule has 0 spiro atoms. The van der Waals surface area contributed by atoms with Gasteiger partial charge in [0.05, 0.1) is 5.56 Å². The first-order valence-electron chi connectivity index (χ1n) is 7.67. The van der Waals surface area contributed by atoms with E-state index in [1.165, 1.54) is 19.1 Å². The van der Waals surface area contributed by atoms with Crippen molar-refractivity contribution >= 4 is 29.3 Å². The van der Waals surface area contributed by atoms with Crippen LogP contribution in [0.25, 0.3) is 6.08 Å². The highest BCUT2D eigenvalue weighted by molar-refractivity contribution is 6.09. The van der Waals surface area contributed by atoms with E-state index in [-0.39, 0.29) is 17.2 Å². The Hall–Kier alpha value is -3.60. The number of nitriles is 1. The van der Waals surface area contributed by atoms with Crippen LogP contribution in [-0.2, 0) is 15.8 Å². The van der Waals surface area contributed by atoms with Crippen molar-refractivity contribution in [2.24, 2.45) is 0 Å². The molecular formula is C19H14F3N3O2. The van der Waals surface area contributed by atoms with E-state index in [0.717, 1.165) is 18.2 Å². The highest BCUT2D eigenvalue weighted by Gasteiger charge is 2.30. The highest BCUT2D eigenvalue weighted by Crippen LogP contribution is 2.30. The lowest BCUT2D eigenvalue weighted by molar-refractivity contribution is -0.137. The predicted molar refractivity (Wildman–Crippen MR) is 94.4 cm³/mol. The zero-order valence-corrected chi connectivity index (χ0v) is 14.1. The van der Waals surface area contributed by atoms with E-state index in [0.29, 0.717) is 11.3 Å². The van der Waals surface area contributed by atoms with Crippen LogP contribution in [0.3, 0.4) is 0 Å². The second-order valence-corrected chi connectivity index (χ2v) is 5.51. The minimum atomic E-state index is -4.54. The molecule has 0 saturated carbocycles.